The molecule has 1 rings (SSSR count). The summed E-state index contributed by atoms with van der Waals surface area (Å²) in [7, 11) is 0. The Morgan fingerprint density at radius 3 is 2.75 bits per heavy atom. The maximum atomic E-state index is 11.7. The van der Waals surface area contributed by atoms with Crippen LogP contribution < -0.4 is 11.1 Å². The summed E-state index contributed by atoms with van der Waals surface area (Å²) in [6, 6.07) is 7.00. The lowest BCUT2D eigenvalue weighted by Crippen LogP contribution is -2.28. The van der Waals surface area contributed by atoms with Crippen LogP contribution in [0.15, 0.2) is 24.3 Å². The number of carbonyl (C=O) groups is 1. The van der Waals surface area contributed by atoms with Crippen molar-refractivity contribution in [1.29, 1.82) is 0 Å². The van der Waals surface area contributed by atoms with Gasteiger partial charge in [-0.15, -0.1) is 0 Å². The average molecular weight is 222 g/mol. The second-order valence-electron chi connectivity index (χ2n) is 3.76. The largest absolute Gasteiger partial charge is 0.398 e. The molecule has 0 fully saturated rings. The summed E-state index contributed by atoms with van der Waals surface area (Å²) in [5.74, 6) is -0.162. The Labute approximate surface area is 95.8 Å². The van der Waals surface area contributed by atoms with E-state index in [0.717, 1.165) is 0 Å². The molecule has 0 unspecified atom stereocenters. The number of hydrogen-bond donors (Lipinski definition) is 2. The van der Waals surface area contributed by atoms with Crippen LogP contribution in [0.4, 0.5) is 5.69 Å². The highest BCUT2D eigenvalue weighted by Gasteiger charge is 2.07. The first-order valence-corrected chi connectivity index (χ1v) is 5.35. The Bertz CT molecular complexity index is 351. The first-order chi connectivity index (χ1) is 7.61. The summed E-state index contributed by atoms with van der Waals surface area (Å²) in [5.41, 5.74) is 6.68. The van der Waals surface area contributed by atoms with Crippen LogP contribution in [-0.2, 0) is 4.74 Å². The molecule has 4 nitrogen and oxygen atoms in total. The molecule has 88 valence electrons. The van der Waals surface area contributed by atoms with Crippen molar-refractivity contribution in [1.82, 2.24) is 5.32 Å². The molecule has 1 aromatic rings. The van der Waals surface area contributed by atoms with Crippen molar-refractivity contribution in [3.8, 4) is 0 Å². The van der Waals surface area contributed by atoms with E-state index in [1.54, 1.807) is 24.3 Å². The van der Waals surface area contributed by atoms with Crippen LogP contribution in [0.3, 0.4) is 0 Å². The minimum absolute atomic E-state index is 0.162. The summed E-state index contributed by atoms with van der Waals surface area (Å²) in [5, 5.41) is 2.75. The number of hydrogen-bond acceptors (Lipinski definition) is 3. The molecule has 16 heavy (non-hydrogen) atoms. The second-order valence-corrected chi connectivity index (χ2v) is 3.76. The SMILES string of the molecule is CC(C)OCCNC(=O)c1ccccc1N. The van der Waals surface area contributed by atoms with Crippen LogP contribution in [0, 0.1) is 0 Å². The Kier molecular flexibility index (Phi) is 4.79. The van der Waals surface area contributed by atoms with Crippen LogP contribution >= 0.6 is 0 Å². The third kappa shape index (κ3) is 3.90. The van der Waals surface area contributed by atoms with Gasteiger partial charge in [-0.3, -0.25) is 4.79 Å². The van der Waals surface area contributed by atoms with Gasteiger partial charge >= 0.3 is 0 Å². The van der Waals surface area contributed by atoms with E-state index in [0.29, 0.717) is 24.4 Å². The zero-order valence-corrected chi connectivity index (χ0v) is 9.69. The molecule has 4 heteroatoms. The molecule has 3 N–H and O–H groups in total. The smallest absolute Gasteiger partial charge is 0.253 e. The number of nitrogen functional groups attached to an aromatic ring is 1. The van der Waals surface area contributed by atoms with Crippen LogP contribution in [0.5, 0.6) is 0 Å². The van der Waals surface area contributed by atoms with Crippen LogP contribution in [0.2, 0.25) is 0 Å². The highest BCUT2D eigenvalue weighted by molar-refractivity contribution is 5.98. The highest BCUT2D eigenvalue weighted by atomic mass is 16.5. The molecular weight excluding hydrogens is 204 g/mol. The van der Waals surface area contributed by atoms with Gasteiger partial charge in [0.15, 0.2) is 0 Å². The standard InChI is InChI=1S/C12H18N2O2/c1-9(2)16-8-7-14-12(15)10-5-3-4-6-11(10)13/h3-6,9H,7-8,13H2,1-2H3,(H,14,15). The van der Waals surface area contributed by atoms with Crippen molar-refractivity contribution in [3.63, 3.8) is 0 Å². The summed E-state index contributed by atoms with van der Waals surface area (Å²) in [4.78, 5) is 11.7. The second kappa shape index (κ2) is 6.12. The molecule has 0 aliphatic carbocycles. The van der Waals surface area contributed by atoms with E-state index < -0.39 is 0 Å². The van der Waals surface area contributed by atoms with Gasteiger partial charge in [-0.2, -0.15) is 0 Å². The first-order valence-electron chi connectivity index (χ1n) is 5.35. The summed E-state index contributed by atoms with van der Waals surface area (Å²) >= 11 is 0. The van der Waals surface area contributed by atoms with Gasteiger partial charge in [0.2, 0.25) is 0 Å². The molecule has 0 aliphatic rings. The molecule has 0 saturated heterocycles. The number of ether oxygens (including phenoxy) is 1. The molecule has 0 bridgehead atoms. The molecule has 0 saturated carbocycles. The molecular formula is C12H18N2O2. The summed E-state index contributed by atoms with van der Waals surface area (Å²) < 4.78 is 5.31. The van der Waals surface area contributed by atoms with E-state index in [-0.39, 0.29) is 12.0 Å². The topological polar surface area (TPSA) is 64.3 Å². The third-order valence-electron chi connectivity index (χ3n) is 2.04. The number of benzene rings is 1. The van der Waals surface area contributed by atoms with Gasteiger partial charge in [0.1, 0.15) is 0 Å². The average Bonchev–Trinajstić information content (AvgIpc) is 2.24. The number of amides is 1. The molecule has 1 amide bonds. The Hall–Kier alpha value is -1.55. The van der Waals surface area contributed by atoms with Crippen molar-refractivity contribution in [2.24, 2.45) is 0 Å². The van der Waals surface area contributed by atoms with Crippen LogP contribution in [0.25, 0.3) is 0 Å². The van der Waals surface area contributed by atoms with Crippen molar-refractivity contribution < 1.29 is 9.53 Å². The van der Waals surface area contributed by atoms with Crippen molar-refractivity contribution in [2.45, 2.75) is 20.0 Å². The Balaban J connectivity index is 2.39. The maximum absolute atomic E-state index is 11.7. The van der Waals surface area contributed by atoms with E-state index in [1.807, 2.05) is 13.8 Å². The lowest BCUT2D eigenvalue weighted by Gasteiger charge is -2.09. The fourth-order valence-corrected chi connectivity index (χ4v) is 1.26. The number of rotatable bonds is 5. The van der Waals surface area contributed by atoms with E-state index >= 15 is 0 Å². The highest BCUT2D eigenvalue weighted by Crippen LogP contribution is 2.09. The maximum Gasteiger partial charge on any atom is 0.253 e. The zero-order chi connectivity index (χ0) is 12.0. The van der Waals surface area contributed by atoms with Gasteiger partial charge in [-0.25, -0.2) is 0 Å². The monoisotopic (exact) mass is 222 g/mol. The minimum Gasteiger partial charge on any atom is -0.398 e. The number of para-hydroxylation sites is 1. The fraction of sp³-hybridized carbons (Fsp3) is 0.417. The summed E-state index contributed by atoms with van der Waals surface area (Å²) in [6.07, 6.45) is 0.179. The van der Waals surface area contributed by atoms with Crippen molar-refractivity contribution >= 4 is 11.6 Å². The quantitative estimate of drug-likeness (QED) is 0.585. The van der Waals surface area contributed by atoms with E-state index in [4.69, 9.17) is 10.5 Å². The molecule has 0 spiro atoms. The van der Waals surface area contributed by atoms with E-state index in [2.05, 4.69) is 5.32 Å². The number of nitrogens with one attached hydrogen (secondary N) is 1. The number of nitrogens with two attached hydrogens (primary N) is 1. The summed E-state index contributed by atoms with van der Waals surface area (Å²) in [6.45, 7) is 4.91. The Morgan fingerprint density at radius 1 is 1.44 bits per heavy atom. The van der Waals surface area contributed by atoms with Gasteiger partial charge in [0, 0.05) is 12.2 Å². The molecule has 0 aromatic heterocycles. The molecule has 0 radical (unpaired) electrons. The van der Waals surface area contributed by atoms with Gasteiger partial charge in [-0.1, -0.05) is 12.1 Å². The minimum atomic E-state index is -0.162. The lowest BCUT2D eigenvalue weighted by molar-refractivity contribution is 0.0747. The third-order valence-corrected chi connectivity index (χ3v) is 2.04. The van der Waals surface area contributed by atoms with Crippen LogP contribution in [-0.4, -0.2) is 25.2 Å². The predicted octanol–water partition coefficient (Wildman–Crippen LogP) is 1.42. The molecule has 0 atom stereocenters. The normalized spacial score (nSPS) is 10.4. The molecule has 0 aliphatic heterocycles. The Morgan fingerprint density at radius 2 is 2.12 bits per heavy atom. The van der Waals surface area contributed by atoms with Gasteiger partial charge in [-0.05, 0) is 26.0 Å². The van der Waals surface area contributed by atoms with Gasteiger partial charge in [0.25, 0.3) is 5.91 Å². The predicted molar refractivity (Wildman–Crippen MR) is 64.3 cm³/mol. The van der Waals surface area contributed by atoms with E-state index in [9.17, 15) is 4.79 Å². The fourth-order valence-electron chi connectivity index (χ4n) is 1.26. The first kappa shape index (κ1) is 12.5. The molecule has 1 aromatic carbocycles. The van der Waals surface area contributed by atoms with Crippen molar-refractivity contribution in [3.05, 3.63) is 29.8 Å². The lowest BCUT2D eigenvalue weighted by atomic mass is 10.2. The number of carbonyl (C=O) groups excluding carboxylic acids is 1. The van der Waals surface area contributed by atoms with Gasteiger partial charge < -0.3 is 15.8 Å². The number of anilines is 1. The molecule has 0 heterocycles. The van der Waals surface area contributed by atoms with Crippen molar-refractivity contribution in [2.75, 3.05) is 18.9 Å². The zero-order valence-electron chi connectivity index (χ0n) is 9.69. The van der Waals surface area contributed by atoms with Gasteiger partial charge in [0.05, 0.1) is 18.3 Å². The van der Waals surface area contributed by atoms with Crippen LogP contribution in [0.1, 0.15) is 24.2 Å². The van der Waals surface area contributed by atoms with E-state index in [1.165, 1.54) is 0 Å².